The number of nitrogens with one attached hydrogen (secondary N) is 1. The number of benzene rings is 2. The molecule has 0 fully saturated rings. The van der Waals surface area contributed by atoms with E-state index in [4.69, 9.17) is 4.74 Å². The molecule has 0 radical (unpaired) electrons. The number of hydrogen-bond acceptors (Lipinski definition) is 6. The number of thiophene rings is 1. The van der Waals surface area contributed by atoms with Crippen LogP contribution in [0, 0.1) is 0 Å². The average Bonchev–Trinajstić information content (AvgIpc) is 3.47. The molecule has 34 heavy (non-hydrogen) atoms. The normalized spacial score (nSPS) is 15.6. The van der Waals surface area contributed by atoms with Crippen LogP contribution in [0.5, 0.6) is 5.75 Å². The second-order valence-electron chi connectivity index (χ2n) is 7.69. The minimum atomic E-state index is -0.638. The molecular weight excluding hydrogens is 466 g/mol. The molecule has 170 valence electrons. The molecule has 2 aromatic heterocycles. The van der Waals surface area contributed by atoms with Crippen LogP contribution >= 0.6 is 22.7 Å². The lowest BCUT2D eigenvalue weighted by atomic mass is 9.95. The predicted molar refractivity (Wildman–Crippen MR) is 136 cm³/mol. The van der Waals surface area contributed by atoms with Crippen molar-refractivity contribution < 1.29 is 9.53 Å². The Morgan fingerprint density at radius 1 is 1.12 bits per heavy atom. The van der Waals surface area contributed by atoms with E-state index in [1.54, 1.807) is 23.0 Å². The van der Waals surface area contributed by atoms with Crippen molar-refractivity contribution in [2.24, 2.45) is 4.99 Å². The summed E-state index contributed by atoms with van der Waals surface area (Å²) in [6, 6.07) is 20.0. The number of anilines is 1. The first kappa shape index (κ1) is 22.1. The minimum Gasteiger partial charge on any atom is -0.497 e. The van der Waals surface area contributed by atoms with Gasteiger partial charge in [0.15, 0.2) is 4.80 Å². The second kappa shape index (κ2) is 9.24. The number of carbonyl (C=O) groups excluding carboxylic acids is 1. The van der Waals surface area contributed by atoms with Gasteiger partial charge in [-0.15, -0.1) is 11.3 Å². The minimum absolute atomic E-state index is 0.178. The first-order valence-electron chi connectivity index (χ1n) is 10.6. The summed E-state index contributed by atoms with van der Waals surface area (Å²) in [5.74, 6) is 0.350. The number of methoxy groups -OCH3 is 1. The number of carbonyl (C=O) groups is 1. The molecule has 0 saturated carbocycles. The molecule has 0 spiro atoms. The Hall–Kier alpha value is -3.75. The monoisotopic (exact) mass is 487 g/mol. The highest BCUT2D eigenvalue weighted by Gasteiger charge is 2.32. The first-order valence-corrected chi connectivity index (χ1v) is 12.3. The highest BCUT2D eigenvalue weighted by Crippen LogP contribution is 2.32. The van der Waals surface area contributed by atoms with Crippen LogP contribution in [0.3, 0.4) is 0 Å². The van der Waals surface area contributed by atoms with E-state index in [1.807, 2.05) is 85.1 Å². The van der Waals surface area contributed by atoms with Crippen molar-refractivity contribution in [1.29, 1.82) is 0 Å². The Balaban J connectivity index is 1.70. The number of amides is 1. The summed E-state index contributed by atoms with van der Waals surface area (Å²) < 4.78 is 7.62. The molecular formula is C26H21N3O3S2. The third-order valence-corrected chi connectivity index (χ3v) is 7.33. The van der Waals surface area contributed by atoms with Gasteiger partial charge in [-0.3, -0.25) is 14.2 Å². The number of allylic oxidation sites excluding steroid dienone is 1. The molecule has 1 aliphatic heterocycles. The van der Waals surface area contributed by atoms with Crippen molar-refractivity contribution in [2.75, 3.05) is 12.4 Å². The van der Waals surface area contributed by atoms with Gasteiger partial charge in [-0.1, -0.05) is 47.7 Å². The average molecular weight is 488 g/mol. The number of ether oxygens (including phenoxy) is 1. The molecule has 0 bridgehead atoms. The molecule has 4 aromatic rings. The summed E-state index contributed by atoms with van der Waals surface area (Å²) in [4.78, 5) is 33.4. The van der Waals surface area contributed by atoms with Crippen molar-refractivity contribution in [3.8, 4) is 5.75 Å². The predicted octanol–water partition coefficient (Wildman–Crippen LogP) is 3.94. The zero-order valence-electron chi connectivity index (χ0n) is 18.5. The zero-order valence-corrected chi connectivity index (χ0v) is 20.2. The molecule has 3 heterocycles. The van der Waals surface area contributed by atoms with Crippen LogP contribution < -0.4 is 24.9 Å². The summed E-state index contributed by atoms with van der Waals surface area (Å²) >= 11 is 2.89. The van der Waals surface area contributed by atoms with Crippen LogP contribution in [-0.4, -0.2) is 17.6 Å². The third kappa shape index (κ3) is 4.13. The maximum Gasteiger partial charge on any atom is 0.271 e. The van der Waals surface area contributed by atoms with E-state index in [1.165, 1.54) is 11.3 Å². The highest BCUT2D eigenvalue weighted by atomic mass is 32.1. The topological polar surface area (TPSA) is 72.7 Å². The van der Waals surface area contributed by atoms with E-state index >= 15 is 0 Å². The maximum absolute atomic E-state index is 13.6. The van der Waals surface area contributed by atoms with Crippen LogP contribution in [0.4, 0.5) is 5.69 Å². The molecule has 8 heteroatoms. The van der Waals surface area contributed by atoms with E-state index in [0.717, 1.165) is 10.4 Å². The van der Waals surface area contributed by atoms with E-state index in [-0.39, 0.29) is 11.5 Å². The van der Waals surface area contributed by atoms with Gasteiger partial charge in [0.2, 0.25) is 0 Å². The molecule has 1 N–H and O–H groups in total. The maximum atomic E-state index is 13.6. The van der Waals surface area contributed by atoms with Crippen LogP contribution in [-0.2, 0) is 4.79 Å². The quantitative estimate of drug-likeness (QED) is 0.463. The summed E-state index contributed by atoms with van der Waals surface area (Å²) in [5.41, 5.74) is 2.27. The van der Waals surface area contributed by atoms with Gasteiger partial charge in [0.25, 0.3) is 11.5 Å². The summed E-state index contributed by atoms with van der Waals surface area (Å²) in [6.07, 6.45) is 1.88. The fourth-order valence-corrected chi connectivity index (χ4v) is 5.73. The molecule has 2 aromatic carbocycles. The van der Waals surface area contributed by atoms with E-state index in [9.17, 15) is 9.59 Å². The Labute approximate surface area is 203 Å². The number of thiazole rings is 1. The van der Waals surface area contributed by atoms with Crippen LogP contribution in [0.25, 0.3) is 6.08 Å². The van der Waals surface area contributed by atoms with E-state index < -0.39 is 6.04 Å². The van der Waals surface area contributed by atoms with Gasteiger partial charge >= 0.3 is 0 Å². The Morgan fingerprint density at radius 2 is 1.94 bits per heavy atom. The summed E-state index contributed by atoms with van der Waals surface area (Å²) in [5, 5.41) is 4.93. The molecule has 1 aliphatic rings. The van der Waals surface area contributed by atoms with Crippen molar-refractivity contribution in [1.82, 2.24) is 4.57 Å². The number of aromatic nitrogens is 1. The lowest BCUT2D eigenvalue weighted by Crippen LogP contribution is -2.40. The third-order valence-electron chi connectivity index (χ3n) is 5.52. The number of para-hydroxylation sites is 1. The first-order chi connectivity index (χ1) is 16.5. The number of nitrogens with zero attached hydrogens (tertiary/aromatic N) is 2. The Bertz CT molecular complexity index is 1570. The van der Waals surface area contributed by atoms with E-state index in [2.05, 4.69) is 10.3 Å². The van der Waals surface area contributed by atoms with Crippen molar-refractivity contribution in [2.45, 2.75) is 13.0 Å². The fraction of sp³-hybridized carbons (Fsp3) is 0.115. The van der Waals surface area contributed by atoms with Crippen molar-refractivity contribution >= 4 is 40.3 Å². The summed E-state index contributed by atoms with van der Waals surface area (Å²) in [7, 11) is 1.59. The highest BCUT2D eigenvalue weighted by molar-refractivity contribution is 7.11. The van der Waals surface area contributed by atoms with Gasteiger partial charge in [0.1, 0.15) is 5.75 Å². The van der Waals surface area contributed by atoms with Crippen molar-refractivity contribution in [3.63, 3.8) is 0 Å². The molecule has 0 aliphatic carbocycles. The Kier molecular flexibility index (Phi) is 6.00. The van der Waals surface area contributed by atoms with Gasteiger partial charge in [0, 0.05) is 10.6 Å². The standard InChI is InChI=1S/C26H21N3O3S2/c1-16-22(24(30)28-18-9-4-3-5-10-18)23(17-8-6-11-19(14-17)32-2)29-25(31)21(34-26(29)27-16)15-20-12-7-13-33-20/h3-15,23H,1-2H3,(H,28,30)/b21-15-. The van der Waals surface area contributed by atoms with Crippen LogP contribution in [0.2, 0.25) is 0 Å². The van der Waals surface area contributed by atoms with Crippen LogP contribution in [0.15, 0.2) is 93.2 Å². The van der Waals surface area contributed by atoms with Gasteiger partial charge in [-0.25, -0.2) is 4.99 Å². The van der Waals surface area contributed by atoms with Gasteiger partial charge < -0.3 is 10.1 Å². The smallest absolute Gasteiger partial charge is 0.271 e. The largest absolute Gasteiger partial charge is 0.497 e. The molecule has 1 unspecified atom stereocenters. The lowest BCUT2D eigenvalue weighted by molar-refractivity contribution is -0.113. The number of rotatable bonds is 5. The number of fused-ring (bicyclic) bond motifs is 1. The molecule has 6 nitrogen and oxygen atoms in total. The van der Waals surface area contributed by atoms with E-state index in [0.29, 0.717) is 32.0 Å². The zero-order chi connectivity index (χ0) is 23.7. The lowest BCUT2D eigenvalue weighted by Gasteiger charge is -2.25. The molecule has 1 amide bonds. The number of hydrogen-bond donors (Lipinski definition) is 1. The van der Waals surface area contributed by atoms with Gasteiger partial charge in [0.05, 0.1) is 29.0 Å². The summed E-state index contributed by atoms with van der Waals surface area (Å²) in [6.45, 7) is 1.81. The van der Waals surface area contributed by atoms with Gasteiger partial charge in [-0.05, 0) is 54.3 Å². The SMILES string of the molecule is COc1cccc(C2C(C(=O)Nc3ccccc3)=C(C)N=c3s/c(=C\c4cccs4)c(=O)n32)c1. The molecule has 0 saturated heterocycles. The van der Waals surface area contributed by atoms with Crippen molar-refractivity contribution in [3.05, 3.63) is 114 Å². The molecule has 1 atom stereocenters. The van der Waals surface area contributed by atoms with Gasteiger partial charge in [-0.2, -0.15) is 0 Å². The fourth-order valence-electron chi connectivity index (χ4n) is 3.96. The molecule has 5 rings (SSSR count). The van der Waals surface area contributed by atoms with Crippen LogP contribution in [0.1, 0.15) is 23.4 Å². The Morgan fingerprint density at radius 3 is 2.68 bits per heavy atom. The second-order valence-corrected chi connectivity index (χ2v) is 9.68.